The number of alkyl halides is 3. The van der Waals surface area contributed by atoms with Crippen LogP contribution < -0.4 is 11.1 Å². The molecule has 0 saturated heterocycles. The molecule has 0 aliphatic rings. The van der Waals surface area contributed by atoms with E-state index in [9.17, 15) is 18.0 Å². The second kappa shape index (κ2) is 4.30. The molecule has 3 N–H and O–H groups in total. The Morgan fingerprint density at radius 1 is 1.44 bits per heavy atom. The Morgan fingerprint density at radius 3 is 2.50 bits per heavy atom. The second-order valence-electron chi connectivity index (χ2n) is 2.92. The van der Waals surface area contributed by atoms with Gasteiger partial charge in [0.05, 0.1) is 12.7 Å². The van der Waals surface area contributed by atoms with E-state index >= 15 is 0 Å². The summed E-state index contributed by atoms with van der Waals surface area (Å²) >= 11 is 0. The molecule has 0 unspecified atom stereocenters. The van der Waals surface area contributed by atoms with Crippen molar-refractivity contribution in [1.82, 2.24) is 0 Å². The van der Waals surface area contributed by atoms with Gasteiger partial charge in [-0.25, -0.2) is 4.79 Å². The summed E-state index contributed by atoms with van der Waals surface area (Å²) in [4.78, 5) is 10.8. The third-order valence-electron chi connectivity index (χ3n) is 1.79. The maximum absolute atomic E-state index is 12.3. The van der Waals surface area contributed by atoms with Gasteiger partial charge in [0.1, 0.15) is 0 Å². The number of rotatable bonds is 1. The molecule has 0 radical (unpaired) electrons. The van der Waals surface area contributed by atoms with Gasteiger partial charge in [-0.05, 0) is 18.2 Å². The van der Waals surface area contributed by atoms with Crippen LogP contribution in [0, 0.1) is 0 Å². The lowest BCUT2D eigenvalue weighted by Crippen LogP contribution is -2.13. The zero-order valence-corrected chi connectivity index (χ0v) is 8.26. The first kappa shape index (κ1) is 12.2. The van der Waals surface area contributed by atoms with Gasteiger partial charge in [0.25, 0.3) is 0 Å². The number of halogens is 3. The van der Waals surface area contributed by atoms with E-state index in [-0.39, 0.29) is 5.69 Å². The number of nitrogens with two attached hydrogens (primary N) is 1. The Kier molecular flexibility index (Phi) is 3.26. The van der Waals surface area contributed by atoms with Crippen LogP contribution >= 0.6 is 0 Å². The number of hydrogen-bond acceptors (Lipinski definition) is 3. The van der Waals surface area contributed by atoms with E-state index in [4.69, 9.17) is 5.73 Å². The van der Waals surface area contributed by atoms with Gasteiger partial charge < -0.3 is 10.5 Å². The summed E-state index contributed by atoms with van der Waals surface area (Å²) < 4.78 is 41.2. The predicted octanol–water partition coefficient (Wildman–Crippen LogP) is 2.47. The standard InChI is InChI=1S/C9H9F3N2O2/c1-16-8(15)14-5-2-3-6(7(13)4-5)9(10,11)12/h2-4H,13H2,1H3,(H,14,15). The van der Waals surface area contributed by atoms with Crippen molar-refractivity contribution >= 4 is 17.5 Å². The molecule has 0 heterocycles. The Hall–Kier alpha value is -1.92. The summed E-state index contributed by atoms with van der Waals surface area (Å²) in [5.74, 6) is 0. The van der Waals surface area contributed by atoms with Crippen LogP contribution in [-0.2, 0) is 10.9 Å². The molecule has 0 atom stereocenters. The lowest BCUT2D eigenvalue weighted by molar-refractivity contribution is -0.136. The minimum atomic E-state index is -4.51. The van der Waals surface area contributed by atoms with Crippen molar-refractivity contribution in [2.24, 2.45) is 0 Å². The minimum Gasteiger partial charge on any atom is -0.453 e. The van der Waals surface area contributed by atoms with Crippen molar-refractivity contribution in [1.29, 1.82) is 0 Å². The van der Waals surface area contributed by atoms with Crippen molar-refractivity contribution in [3.63, 3.8) is 0 Å². The average molecular weight is 234 g/mol. The lowest BCUT2D eigenvalue weighted by Gasteiger charge is -2.11. The summed E-state index contributed by atoms with van der Waals surface area (Å²) in [7, 11) is 1.14. The number of carbonyl (C=O) groups excluding carboxylic acids is 1. The number of nitrogen functional groups attached to an aromatic ring is 1. The van der Waals surface area contributed by atoms with Crippen LogP contribution in [0.4, 0.5) is 29.3 Å². The molecule has 1 rings (SSSR count). The quantitative estimate of drug-likeness (QED) is 0.733. The number of carbonyl (C=O) groups is 1. The third kappa shape index (κ3) is 2.78. The van der Waals surface area contributed by atoms with E-state index in [1.54, 1.807) is 0 Å². The zero-order valence-electron chi connectivity index (χ0n) is 8.26. The van der Waals surface area contributed by atoms with Crippen LogP contribution in [0.15, 0.2) is 18.2 Å². The molecule has 0 saturated carbocycles. The molecule has 1 aromatic rings. The van der Waals surface area contributed by atoms with E-state index in [0.29, 0.717) is 0 Å². The maximum Gasteiger partial charge on any atom is 0.418 e. The Balaban J connectivity index is 2.96. The van der Waals surface area contributed by atoms with Gasteiger partial charge in [0.2, 0.25) is 0 Å². The van der Waals surface area contributed by atoms with Gasteiger partial charge in [0, 0.05) is 11.4 Å². The predicted molar refractivity (Wildman–Crippen MR) is 51.9 cm³/mol. The highest BCUT2D eigenvalue weighted by molar-refractivity contribution is 5.85. The summed E-state index contributed by atoms with van der Waals surface area (Å²) in [6.45, 7) is 0. The van der Waals surface area contributed by atoms with Crippen LogP contribution in [-0.4, -0.2) is 13.2 Å². The van der Waals surface area contributed by atoms with E-state index < -0.39 is 23.5 Å². The zero-order chi connectivity index (χ0) is 12.3. The van der Waals surface area contributed by atoms with Crippen molar-refractivity contribution < 1.29 is 22.7 Å². The van der Waals surface area contributed by atoms with Gasteiger partial charge in [-0.15, -0.1) is 0 Å². The molecule has 0 fully saturated rings. The molecule has 88 valence electrons. The Labute approximate surface area is 89.2 Å². The molecule has 1 amide bonds. The summed E-state index contributed by atoms with van der Waals surface area (Å²) in [6.07, 6.45) is -5.28. The number of anilines is 2. The monoisotopic (exact) mass is 234 g/mol. The van der Waals surface area contributed by atoms with Gasteiger partial charge in [-0.1, -0.05) is 0 Å². The van der Waals surface area contributed by atoms with Gasteiger partial charge in [0.15, 0.2) is 0 Å². The molecule has 0 aliphatic heterocycles. The number of methoxy groups -OCH3 is 1. The average Bonchev–Trinajstić information content (AvgIpc) is 2.15. The molecule has 0 bridgehead atoms. The molecular weight excluding hydrogens is 225 g/mol. The molecule has 7 heteroatoms. The van der Waals surface area contributed by atoms with Crippen molar-refractivity contribution in [3.8, 4) is 0 Å². The molecular formula is C9H9F3N2O2. The Morgan fingerprint density at radius 2 is 2.06 bits per heavy atom. The van der Waals surface area contributed by atoms with Crippen molar-refractivity contribution in [3.05, 3.63) is 23.8 Å². The number of amides is 1. The van der Waals surface area contributed by atoms with Gasteiger partial charge >= 0.3 is 12.3 Å². The molecule has 0 aliphatic carbocycles. The maximum atomic E-state index is 12.3. The largest absolute Gasteiger partial charge is 0.453 e. The fraction of sp³-hybridized carbons (Fsp3) is 0.222. The Bertz CT molecular complexity index is 404. The van der Waals surface area contributed by atoms with E-state index in [0.717, 1.165) is 25.3 Å². The summed E-state index contributed by atoms with van der Waals surface area (Å²) in [6, 6.07) is 2.90. The highest BCUT2D eigenvalue weighted by Crippen LogP contribution is 2.34. The number of hydrogen-bond donors (Lipinski definition) is 2. The van der Waals surface area contributed by atoms with E-state index in [1.807, 2.05) is 0 Å². The molecule has 1 aromatic carbocycles. The first-order valence-electron chi connectivity index (χ1n) is 4.16. The van der Waals surface area contributed by atoms with Crippen molar-refractivity contribution in [2.45, 2.75) is 6.18 Å². The number of ether oxygens (including phenoxy) is 1. The topological polar surface area (TPSA) is 64.3 Å². The van der Waals surface area contributed by atoms with E-state index in [1.165, 1.54) is 0 Å². The number of benzene rings is 1. The SMILES string of the molecule is COC(=O)Nc1ccc(C(F)(F)F)c(N)c1. The highest BCUT2D eigenvalue weighted by atomic mass is 19.4. The van der Waals surface area contributed by atoms with Crippen LogP contribution in [0.1, 0.15) is 5.56 Å². The molecule has 16 heavy (non-hydrogen) atoms. The third-order valence-corrected chi connectivity index (χ3v) is 1.79. The number of nitrogens with one attached hydrogen (secondary N) is 1. The first-order chi connectivity index (χ1) is 7.34. The van der Waals surface area contributed by atoms with Gasteiger partial charge in [-0.3, -0.25) is 5.32 Å². The van der Waals surface area contributed by atoms with Gasteiger partial charge in [-0.2, -0.15) is 13.2 Å². The van der Waals surface area contributed by atoms with Crippen LogP contribution in [0.5, 0.6) is 0 Å². The fourth-order valence-electron chi connectivity index (χ4n) is 1.07. The fourth-order valence-corrected chi connectivity index (χ4v) is 1.07. The highest BCUT2D eigenvalue weighted by Gasteiger charge is 2.32. The second-order valence-corrected chi connectivity index (χ2v) is 2.92. The lowest BCUT2D eigenvalue weighted by atomic mass is 10.1. The van der Waals surface area contributed by atoms with Crippen molar-refractivity contribution in [2.75, 3.05) is 18.2 Å². The summed E-state index contributed by atoms with van der Waals surface area (Å²) in [5.41, 5.74) is 3.95. The van der Waals surface area contributed by atoms with Crippen LogP contribution in [0.2, 0.25) is 0 Å². The molecule has 0 spiro atoms. The van der Waals surface area contributed by atoms with E-state index in [2.05, 4.69) is 10.1 Å². The van der Waals surface area contributed by atoms with Crippen LogP contribution in [0.3, 0.4) is 0 Å². The summed E-state index contributed by atoms with van der Waals surface area (Å²) in [5, 5.41) is 2.20. The normalized spacial score (nSPS) is 11.0. The smallest absolute Gasteiger partial charge is 0.418 e. The minimum absolute atomic E-state index is 0.136. The first-order valence-corrected chi connectivity index (χ1v) is 4.16. The molecule has 0 aromatic heterocycles. The molecule has 4 nitrogen and oxygen atoms in total. The van der Waals surface area contributed by atoms with Crippen LogP contribution in [0.25, 0.3) is 0 Å².